The Hall–Kier alpha value is -2.28. The van der Waals surface area contributed by atoms with Crippen molar-refractivity contribution in [1.29, 1.82) is 0 Å². The third kappa shape index (κ3) is 3.31. The summed E-state index contributed by atoms with van der Waals surface area (Å²) in [5.41, 5.74) is 1.61. The summed E-state index contributed by atoms with van der Waals surface area (Å²) < 4.78 is 0. The van der Waals surface area contributed by atoms with Crippen molar-refractivity contribution in [1.82, 2.24) is 15.1 Å². The van der Waals surface area contributed by atoms with Crippen LogP contribution >= 0.6 is 11.3 Å². The van der Waals surface area contributed by atoms with Crippen LogP contribution in [0.4, 0.5) is 5.13 Å². The lowest BCUT2D eigenvalue weighted by Gasteiger charge is -2.15. The second-order valence-corrected chi connectivity index (χ2v) is 7.30. The van der Waals surface area contributed by atoms with Crippen LogP contribution in [0.5, 0.6) is 0 Å². The van der Waals surface area contributed by atoms with E-state index in [1.807, 2.05) is 17.0 Å². The lowest BCUT2D eigenvalue weighted by atomic mass is 10.1. The minimum Gasteiger partial charge on any atom is -0.338 e. The Morgan fingerprint density at radius 1 is 1.25 bits per heavy atom. The SMILES string of the molecule is O=C(Nc1nnc(C2CC2)s1)c1ccc(CN2CCCC2=O)cc1. The van der Waals surface area contributed by atoms with Crippen LogP contribution in [0, 0.1) is 0 Å². The lowest BCUT2D eigenvalue weighted by Crippen LogP contribution is -2.23. The second kappa shape index (κ2) is 6.32. The molecule has 2 amide bonds. The van der Waals surface area contributed by atoms with Gasteiger partial charge in [-0.3, -0.25) is 14.9 Å². The van der Waals surface area contributed by atoms with Crippen LogP contribution in [0.3, 0.4) is 0 Å². The minimum atomic E-state index is -0.183. The number of amides is 2. The first-order valence-corrected chi connectivity index (χ1v) is 9.02. The molecule has 0 atom stereocenters. The van der Waals surface area contributed by atoms with E-state index in [0.717, 1.165) is 23.5 Å². The number of benzene rings is 1. The molecule has 1 N–H and O–H groups in total. The molecule has 6 nitrogen and oxygen atoms in total. The van der Waals surface area contributed by atoms with Crippen molar-refractivity contribution < 1.29 is 9.59 Å². The number of anilines is 1. The van der Waals surface area contributed by atoms with Crippen molar-refractivity contribution in [3.63, 3.8) is 0 Å². The number of rotatable bonds is 5. The van der Waals surface area contributed by atoms with Gasteiger partial charge in [0.1, 0.15) is 5.01 Å². The zero-order valence-electron chi connectivity index (χ0n) is 13.2. The first-order valence-electron chi connectivity index (χ1n) is 8.20. The molecule has 2 heterocycles. The number of carbonyl (C=O) groups excluding carboxylic acids is 2. The van der Waals surface area contributed by atoms with E-state index in [9.17, 15) is 9.59 Å². The third-order valence-corrected chi connectivity index (χ3v) is 5.35. The zero-order chi connectivity index (χ0) is 16.5. The number of aromatic nitrogens is 2. The van der Waals surface area contributed by atoms with Crippen LogP contribution in [-0.4, -0.2) is 33.5 Å². The highest BCUT2D eigenvalue weighted by molar-refractivity contribution is 7.15. The molecular formula is C17H18N4O2S. The Bertz CT molecular complexity index is 767. The standard InChI is InChI=1S/C17H18N4O2S/c22-14-2-1-9-21(14)10-11-3-5-12(6-4-11)15(23)18-17-20-19-16(24-17)13-7-8-13/h3-6,13H,1-2,7-10H2,(H,18,20,23). The van der Waals surface area contributed by atoms with E-state index in [0.29, 0.717) is 29.6 Å². The van der Waals surface area contributed by atoms with Crippen molar-refractivity contribution in [3.8, 4) is 0 Å². The summed E-state index contributed by atoms with van der Waals surface area (Å²) in [5, 5.41) is 12.5. The third-order valence-electron chi connectivity index (χ3n) is 4.35. The smallest absolute Gasteiger partial charge is 0.257 e. The van der Waals surface area contributed by atoms with Crippen LogP contribution in [0.15, 0.2) is 24.3 Å². The van der Waals surface area contributed by atoms with Crippen LogP contribution < -0.4 is 5.32 Å². The number of hydrogen-bond acceptors (Lipinski definition) is 5. The molecule has 1 saturated carbocycles. The number of carbonyl (C=O) groups is 2. The first-order chi connectivity index (χ1) is 11.7. The molecule has 2 aromatic rings. The molecule has 2 fully saturated rings. The maximum Gasteiger partial charge on any atom is 0.257 e. The molecule has 124 valence electrons. The monoisotopic (exact) mass is 342 g/mol. The quantitative estimate of drug-likeness (QED) is 0.906. The summed E-state index contributed by atoms with van der Waals surface area (Å²) in [6.45, 7) is 1.43. The molecule has 4 rings (SSSR count). The van der Waals surface area contributed by atoms with Gasteiger partial charge in [0.2, 0.25) is 11.0 Å². The van der Waals surface area contributed by atoms with E-state index < -0.39 is 0 Å². The highest BCUT2D eigenvalue weighted by Gasteiger charge is 2.27. The molecule has 0 unspecified atom stereocenters. The van der Waals surface area contributed by atoms with E-state index in [4.69, 9.17) is 0 Å². The molecule has 24 heavy (non-hydrogen) atoms. The Morgan fingerprint density at radius 2 is 2.04 bits per heavy atom. The fourth-order valence-electron chi connectivity index (χ4n) is 2.80. The topological polar surface area (TPSA) is 75.2 Å². The summed E-state index contributed by atoms with van der Waals surface area (Å²) in [6, 6.07) is 7.37. The second-order valence-electron chi connectivity index (χ2n) is 6.29. The van der Waals surface area contributed by atoms with E-state index >= 15 is 0 Å². The molecule has 0 spiro atoms. The predicted octanol–water partition coefficient (Wildman–Crippen LogP) is 2.79. The molecule has 0 radical (unpaired) electrons. The van der Waals surface area contributed by atoms with E-state index in [2.05, 4.69) is 15.5 Å². The summed E-state index contributed by atoms with van der Waals surface area (Å²) in [4.78, 5) is 25.8. The highest BCUT2D eigenvalue weighted by Crippen LogP contribution is 2.42. The van der Waals surface area contributed by atoms with Gasteiger partial charge in [-0.15, -0.1) is 10.2 Å². The van der Waals surface area contributed by atoms with Crippen molar-refractivity contribution in [2.75, 3.05) is 11.9 Å². The van der Waals surface area contributed by atoms with Crippen molar-refractivity contribution >= 4 is 28.3 Å². The van der Waals surface area contributed by atoms with Crippen molar-refractivity contribution in [3.05, 3.63) is 40.4 Å². The van der Waals surface area contributed by atoms with Crippen molar-refractivity contribution in [2.24, 2.45) is 0 Å². The Kier molecular flexibility index (Phi) is 4.02. The van der Waals surface area contributed by atoms with Crippen LogP contribution in [0.2, 0.25) is 0 Å². The molecular weight excluding hydrogens is 324 g/mol. The molecule has 1 aliphatic carbocycles. The largest absolute Gasteiger partial charge is 0.338 e. The van der Waals surface area contributed by atoms with Gasteiger partial charge in [0, 0.05) is 31.0 Å². The summed E-state index contributed by atoms with van der Waals surface area (Å²) in [5.74, 6) is 0.567. The van der Waals surface area contributed by atoms with Gasteiger partial charge in [0.25, 0.3) is 5.91 Å². The van der Waals surface area contributed by atoms with E-state index in [1.54, 1.807) is 12.1 Å². The predicted molar refractivity (Wildman–Crippen MR) is 90.9 cm³/mol. The van der Waals surface area contributed by atoms with Crippen LogP contribution in [0.25, 0.3) is 0 Å². The van der Waals surface area contributed by atoms with Gasteiger partial charge >= 0.3 is 0 Å². The highest BCUT2D eigenvalue weighted by atomic mass is 32.1. The fourth-order valence-corrected chi connectivity index (χ4v) is 3.71. The summed E-state index contributed by atoms with van der Waals surface area (Å²) in [6.07, 6.45) is 3.92. The Morgan fingerprint density at radius 3 is 2.71 bits per heavy atom. The van der Waals surface area contributed by atoms with Gasteiger partial charge in [-0.25, -0.2) is 0 Å². The molecule has 1 aromatic heterocycles. The number of nitrogens with one attached hydrogen (secondary N) is 1. The molecule has 1 aromatic carbocycles. The van der Waals surface area contributed by atoms with Gasteiger partial charge in [0.05, 0.1) is 0 Å². The van der Waals surface area contributed by atoms with Gasteiger partial charge in [-0.2, -0.15) is 0 Å². The zero-order valence-corrected chi connectivity index (χ0v) is 14.0. The van der Waals surface area contributed by atoms with E-state index in [1.165, 1.54) is 24.2 Å². The number of likely N-dealkylation sites (tertiary alicyclic amines) is 1. The van der Waals surface area contributed by atoms with Gasteiger partial charge in [0.15, 0.2) is 0 Å². The Balaban J connectivity index is 1.38. The summed E-state index contributed by atoms with van der Waals surface area (Å²) in [7, 11) is 0. The molecule has 7 heteroatoms. The molecule has 1 aliphatic heterocycles. The van der Waals surface area contributed by atoms with Crippen LogP contribution in [0.1, 0.15) is 52.5 Å². The normalized spacial score (nSPS) is 17.3. The van der Waals surface area contributed by atoms with Gasteiger partial charge < -0.3 is 4.90 Å². The summed E-state index contributed by atoms with van der Waals surface area (Å²) >= 11 is 1.45. The Labute approximate surface area is 143 Å². The maximum atomic E-state index is 12.3. The van der Waals surface area contributed by atoms with Crippen LogP contribution in [-0.2, 0) is 11.3 Å². The maximum absolute atomic E-state index is 12.3. The fraction of sp³-hybridized carbons (Fsp3) is 0.412. The molecule has 0 bridgehead atoms. The average molecular weight is 342 g/mol. The lowest BCUT2D eigenvalue weighted by molar-refractivity contribution is -0.128. The number of hydrogen-bond donors (Lipinski definition) is 1. The number of nitrogens with zero attached hydrogens (tertiary/aromatic N) is 3. The van der Waals surface area contributed by atoms with E-state index in [-0.39, 0.29) is 11.8 Å². The van der Waals surface area contributed by atoms with Crippen molar-refractivity contribution in [2.45, 2.75) is 38.1 Å². The minimum absolute atomic E-state index is 0.183. The molecule has 2 aliphatic rings. The van der Waals surface area contributed by atoms with Gasteiger partial charge in [-0.1, -0.05) is 23.5 Å². The van der Waals surface area contributed by atoms with Gasteiger partial charge in [-0.05, 0) is 37.0 Å². The first kappa shape index (κ1) is 15.3. The molecule has 1 saturated heterocycles. The average Bonchev–Trinajstić information content (AvgIpc) is 3.21.